The maximum atomic E-state index is 12.9. The number of aromatic nitrogens is 2. The summed E-state index contributed by atoms with van der Waals surface area (Å²) >= 11 is 0. The van der Waals surface area contributed by atoms with Gasteiger partial charge in [-0.15, -0.1) is 0 Å². The maximum absolute atomic E-state index is 12.9. The Bertz CT molecular complexity index is 777. The van der Waals surface area contributed by atoms with Crippen LogP contribution in [0.25, 0.3) is 11.3 Å². The Balaban J connectivity index is 1.73. The molecule has 1 atom stereocenters. The molecule has 1 aliphatic heterocycles. The molecule has 0 spiro atoms. The maximum Gasteiger partial charge on any atom is 0.253 e. The third kappa shape index (κ3) is 4.61. The summed E-state index contributed by atoms with van der Waals surface area (Å²) in [6.45, 7) is 6.14. The fraction of sp³-hybridized carbons (Fsp3) is 0.450. The van der Waals surface area contributed by atoms with Crippen molar-refractivity contribution in [2.75, 3.05) is 47.0 Å². The molecule has 2 aromatic rings. The molecule has 1 unspecified atom stereocenters. The van der Waals surface area contributed by atoms with Gasteiger partial charge in [-0.2, -0.15) is 0 Å². The lowest BCUT2D eigenvalue weighted by Crippen LogP contribution is -2.47. The average molecular weight is 370 g/mol. The van der Waals surface area contributed by atoms with Crippen molar-refractivity contribution in [2.45, 2.75) is 13.0 Å². The van der Waals surface area contributed by atoms with E-state index in [1.54, 1.807) is 24.4 Å². The number of amides is 1. The highest BCUT2D eigenvalue weighted by Gasteiger charge is 2.21. The van der Waals surface area contributed by atoms with Gasteiger partial charge >= 0.3 is 0 Å². The minimum atomic E-state index is -0.0141. The van der Waals surface area contributed by atoms with Crippen molar-refractivity contribution in [3.63, 3.8) is 0 Å². The number of rotatable bonds is 6. The van der Waals surface area contributed by atoms with Gasteiger partial charge in [0.2, 0.25) is 5.88 Å². The Morgan fingerprint density at radius 2 is 2.04 bits per heavy atom. The zero-order chi connectivity index (χ0) is 19.2. The van der Waals surface area contributed by atoms with E-state index < -0.39 is 0 Å². The first-order chi connectivity index (χ1) is 13.1. The highest BCUT2D eigenvalue weighted by atomic mass is 16.5. The summed E-state index contributed by atoms with van der Waals surface area (Å²) < 4.78 is 10.7. The second kappa shape index (κ2) is 8.92. The van der Waals surface area contributed by atoms with Crippen LogP contribution >= 0.6 is 0 Å². The third-order valence-corrected chi connectivity index (χ3v) is 4.79. The van der Waals surface area contributed by atoms with Crippen LogP contribution in [0.4, 0.5) is 0 Å². The van der Waals surface area contributed by atoms with Gasteiger partial charge in [-0.25, -0.2) is 9.97 Å². The number of nitrogens with zero attached hydrogens (tertiary/aromatic N) is 4. The van der Waals surface area contributed by atoms with E-state index in [0.717, 1.165) is 31.9 Å². The number of carbonyl (C=O) groups excluding carboxylic acids is 1. The molecule has 0 radical (unpaired) electrons. The fourth-order valence-electron chi connectivity index (χ4n) is 3.31. The molecule has 0 saturated carbocycles. The van der Waals surface area contributed by atoms with Crippen molar-refractivity contribution in [1.29, 1.82) is 0 Å². The Labute approximate surface area is 159 Å². The van der Waals surface area contributed by atoms with Crippen LogP contribution < -0.4 is 4.74 Å². The van der Waals surface area contributed by atoms with Crippen molar-refractivity contribution in [1.82, 2.24) is 19.8 Å². The average Bonchev–Trinajstić information content (AvgIpc) is 2.73. The largest absolute Gasteiger partial charge is 0.479 e. The Kier molecular flexibility index (Phi) is 6.36. The van der Waals surface area contributed by atoms with Gasteiger partial charge in [0.05, 0.1) is 20.3 Å². The summed E-state index contributed by atoms with van der Waals surface area (Å²) in [5.41, 5.74) is 2.05. The molecule has 27 heavy (non-hydrogen) atoms. The van der Waals surface area contributed by atoms with E-state index >= 15 is 0 Å². The number of morpholine rings is 1. The normalized spacial score (nSPS) is 16.0. The van der Waals surface area contributed by atoms with Crippen molar-refractivity contribution in [2.24, 2.45) is 0 Å². The molecule has 1 aromatic heterocycles. The molecule has 2 heterocycles. The molecule has 0 bridgehead atoms. The molecule has 7 nitrogen and oxygen atoms in total. The van der Waals surface area contributed by atoms with Gasteiger partial charge in [0.15, 0.2) is 0 Å². The summed E-state index contributed by atoms with van der Waals surface area (Å²) in [5, 5.41) is 0. The van der Waals surface area contributed by atoms with Crippen molar-refractivity contribution < 1.29 is 14.3 Å². The van der Waals surface area contributed by atoms with Gasteiger partial charge in [-0.05, 0) is 19.1 Å². The second-order valence-electron chi connectivity index (χ2n) is 6.68. The van der Waals surface area contributed by atoms with Crippen molar-refractivity contribution in [3.8, 4) is 17.1 Å². The number of carbonyl (C=O) groups is 1. The number of methoxy groups -OCH3 is 1. The lowest BCUT2D eigenvalue weighted by atomic mass is 10.1. The lowest BCUT2D eigenvalue weighted by molar-refractivity contribution is 0.0142. The first kappa shape index (κ1) is 19.3. The molecule has 7 heteroatoms. The van der Waals surface area contributed by atoms with E-state index in [9.17, 15) is 4.79 Å². The van der Waals surface area contributed by atoms with Crippen LogP contribution in [0.3, 0.4) is 0 Å². The summed E-state index contributed by atoms with van der Waals surface area (Å²) in [6, 6.07) is 7.71. The van der Waals surface area contributed by atoms with Crippen LogP contribution in [0.1, 0.15) is 17.3 Å². The van der Waals surface area contributed by atoms with Crippen molar-refractivity contribution >= 4 is 5.91 Å². The molecular formula is C20H26N4O3. The first-order valence-corrected chi connectivity index (χ1v) is 9.13. The van der Waals surface area contributed by atoms with Crippen LogP contribution in [-0.2, 0) is 4.74 Å². The minimum Gasteiger partial charge on any atom is -0.479 e. The van der Waals surface area contributed by atoms with E-state index in [-0.39, 0.29) is 11.9 Å². The standard InChI is InChI=1S/C20H26N4O3/c1-15(24-9-11-27-12-10-24)14-23(2)20(25)17-6-4-5-16(13-17)18-19(26-3)22-8-7-21-18/h4-8,13,15H,9-12,14H2,1-3H3. The number of ether oxygens (including phenoxy) is 2. The summed E-state index contributed by atoms with van der Waals surface area (Å²) in [4.78, 5) is 25.6. The number of likely N-dealkylation sites (N-methyl/N-ethyl adjacent to an activating group) is 1. The summed E-state index contributed by atoms with van der Waals surface area (Å²) in [5.74, 6) is 0.427. The molecule has 3 rings (SSSR count). The van der Waals surface area contributed by atoms with E-state index in [1.807, 2.05) is 31.3 Å². The molecule has 0 N–H and O–H groups in total. The molecule has 1 fully saturated rings. The van der Waals surface area contributed by atoms with Crippen LogP contribution in [-0.4, -0.2) is 78.7 Å². The summed E-state index contributed by atoms with van der Waals surface area (Å²) in [7, 11) is 3.40. The predicted molar refractivity (Wildman–Crippen MR) is 103 cm³/mol. The van der Waals surface area contributed by atoms with Gasteiger partial charge in [-0.1, -0.05) is 12.1 Å². The Morgan fingerprint density at radius 1 is 1.30 bits per heavy atom. The fourth-order valence-corrected chi connectivity index (χ4v) is 3.31. The van der Waals surface area contributed by atoms with E-state index in [4.69, 9.17) is 9.47 Å². The van der Waals surface area contributed by atoms with E-state index in [1.165, 1.54) is 0 Å². The molecule has 1 aromatic carbocycles. The molecule has 144 valence electrons. The van der Waals surface area contributed by atoms with E-state index in [2.05, 4.69) is 21.8 Å². The second-order valence-corrected chi connectivity index (χ2v) is 6.68. The quantitative estimate of drug-likeness (QED) is 0.774. The SMILES string of the molecule is COc1nccnc1-c1cccc(C(=O)N(C)CC(C)N2CCOCC2)c1. The monoisotopic (exact) mass is 370 g/mol. The highest BCUT2D eigenvalue weighted by Crippen LogP contribution is 2.26. The van der Waals surface area contributed by atoms with Crippen LogP contribution in [0, 0.1) is 0 Å². The van der Waals surface area contributed by atoms with Crippen molar-refractivity contribution in [3.05, 3.63) is 42.2 Å². The molecule has 1 aliphatic rings. The van der Waals surface area contributed by atoms with Gasteiger partial charge in [0, 0.05) is 56.2 Å². The Hall–Kier alpha value is -2.51. The van der Waals surface area contributed by atoms with Crippen LogP contribution in [0.2, 0.25) is 0 Å². The highest BCUT2D eigenvalue weighted by molar-refractivity contribution is 5.95. The Morgan fingerprint density at radius 3 is 2.78 bits per heavy atom. The van der Waals surface area contributed by atoms with Gasteiger partial charge in [0.25, 0.3) is 5.91 Å². The van der Waals surface area contributed by atoms with Gasteiger partial charge in [0.1, 0.15) is 5.69 Å². The zero-order valence-corrected chi connectivity index (χ0v) is 16.1. The van der Waals surface area contributed by atoms with Gasteiger partial charge < -0.3 is 14.4 Å². The zero-order valence-electron chi connectivity index (χ0n) is 16.1. The molecular weight excluding hydrogens is 344 g/mol. The first-order valence-electron chi connectivity index (χ1n) is 9.13. The topological polar surface area (TPSA) is 67.8 Å². The molecule has 1 saturated heterocycles. The minimum absolute atomic E-state index is 0.0141. The van der Waals surface area contributed by atoms with Crippen LogP contribution in [0.5, 0.6) is 5.88 Å². The number of hydrogen-bond acceptors (Lipinski definition) is 6. The number of hydrogen-bond donors (Lipinski definition) is 0. The summed E-state index contributed by atoms with van der Waals surface area (Å²) in [6.07, 6.45) is 3.20. The third-order valence-electron chi connectivity index (χ3n) is 4.79. The van der Waals surface area contributed by atoms with Crippen LogP contribution in [0.15, 0.2) is 36.7 Å². The van der Waals surface area contributed by atoms with E-state index in [0.29, 0.717) is 23.7 Å². The van der Waals surface area contributed by atoms with Gasteiger partial charge in [-0.3, -0.25) is 9.69 Å². The molecule has 0 aliphatic carbocycles. The molecule has 1 amide bonds. The lowest BCUT2D eigenvalue weighted by Gasteiger charge is -2.34. The number of benzene rings is 1. The smallest absolute Gasteiger partial charge is 0.253 e. The predicted octanol–water partition coefficient (Wildman–Crippen LogP) is 1.94.